The first-order chi connectivity index (χ1) is 9.63. The van der Waals surface area contributed by atoms with Gasteiger partial charge in [-0.3, -0.25) is 4.90 Å². The van der Waals surface area contributed by atoms with E-state index >= 15 is 0 Å². The second-order valence-corrected chi connectivity index (χ2v) is 5.91. The fraction of sp³-hybridized carbons (Fsp3) is 0.625. The summed E-state index contributed by atoms with van der Waals surface area (Å²) in [5, 5.41) is 0. The number of hydrogen-bond acceptors (Lipinski definition) is 2. The molecule has 2 aliphatic heterocycles. The summed E-state index contributed by atoms with van der Waals surface area (Å²) in [6.07, 6.45) is 4.03. The summed E-state index contributed by atoms with van der Waals surface area (Å²) in [5.74, 6) is -0.946. The number of benzene rings is 1. The lowest BCUT2D eigenvalue weighted by Crippen LogP contribution is -2.52. The number of ether oxygens (including phenoxy) is 1. The number of likely N-dealkylation sites (tertiary alicyclic amines) is 1. The number of piperidine rings is 1. The SMILES string of the molecule is CCC(c1ccc(F)cc1F)N1CCC2(CCO2)CC1. The Morgan fingerprint density at radius 1 is 1.25 bits per heavy atom. The Hall–Kier alpha value is -1.00. The summed E-state index contributed by atoms with van der Waals surface area (Å²) in [6.45, 7) is 4.78. The van der Waals surface area contributed by atoms with Gasteiger partial charge in [0.15, 0.2) is 0 Å². The van der Waals surface area contributed by atoms with Crippen LogP contribution in [0.25, 0.3) is 0 Å². The number of halogens is 2. The van der Waals surface area contributed by atoms with Crippen molar-refractivity contribution in [1.29, 1.82) is 0 Å². The summed E-state index contributed by atoms with van der Waals surface area (Å²) in [7, 11) is 0. The van der Waals surface area contributed by atoms with E-state index in [0.717, 1.165) is 51.4 Å². The van der Waals surface area contributed by atoms with Crippen molar-refractivity contribution < 1.29 is 13.5 Å². The van der Waals surface area contributed by atoms with Crippen molar-refractivity contribution in [3.8, 4) is 0 Å². The molecule has 1 spiro atoms. The van der Waals surface area contributed by atoms with Gasteiger partial charge >= 0.3 is 0 Å². The smallest absolute Gasteiger partial charge is 0.130 e. The molecule has 0 N–H and O–H groups in total. The maximum Gasteiger partial charge on any atom is 0.130 e. The van der Waals surface area contributed by atoms with Crippen LogP contribution < -0.4 is 0 Å². The highest BCUT2D eigenvalue weighted by molar-refractivity contribution is 5.22. The van der Waals surface area contributed by atoms with E-state index in [1.165, 1.54) is 6.07 Å². The molecule has 0 aromatic heterocycles. The van der Waals surface area contributed by atoms with Crippen LogP contribution in [0.4, 0.5) is 8.78 Å². The van der Waals surface area contributed by atoms with Crippen LogP contribution in [0.15, 0.2) is 18.2 Å². The van der Waals surface area contributed by atoms with E-state index in [0.29, 0.717) is 5.56 Å². The number of hydrogen-bond donors (Lipinski definition) is 0. The molecule has 1 aromatic carbocycles. The van der Waals surface area contributed by atoms with Crippen LogP contribution in [0.3, 0.4) is 0 Å². The molecule has 2 aliphatic rings. The van der Waals surface area contributed by atoms with Gasteiger partial charge < -0.3 is 4.74 Å². The van der Waals surface area contributed by atoms with Crippen molar-refractivity contribution in [2.45, 2.75) is 44.2 Å². The molecule has 2 nitrogen and oxygen atoms in total. The van der Waals surface area contributed by atoms with Gasteiger partial charge in [0.2, 0.25) is 0 Å². The Morgan fingerprint density at radius 3 is 2.45 bits per heavy atom. The molecule has 2 fully saturated rings. The van der Waals surface area contributed by atoms with Gasteiger partial charge in [0, 0.05) is 30.8 Å². The van der Waals surface area contributed by atoms with E-state index in [2.05, 4.69) is 11.8 Å². The van der Waals surface area contributed by atoms with Crippen LogP contribution >= 0.6 is 0 Å². The van der Waals surface area contributed by atoms with Gasteiger partial charge in [0.1, 0.15) is 11.6 Å². The molecule has 0 saturated carbocycles. The maximum atomic E-state index is 14.0. The average molecular weight is 281 g/mol. The van der Waals surface area contributed by atoms with Crippen LogP contribution in [0.1, 0.15) is 44.2 Å². The van der Waals surface area contributed by atoms with Gasteiger partial charge in [-0.25, -0.2) is 8.78 Å². The maximum absolute atomic E-state index is 14.0. The molecule has 3 rings (SSSR count). The lowest BCUT2D eigenvalue weighted by Gasteiger charge is -2.49. The molecule has 0 radical (unpaired) electrons. The van der Waals surface area contributed by atoms with Gasteiger partial charge in [-0.1, -0.05) is 13.0 Å². The monoisotopic (exact) mass is 281 g/mol. The van der Waals surface area contributed by atoms with E-state index in [-0.39, 0.29) is 11.6 Å². The van der Waals surface area contributed by atoms with Crippen LogP contribution in [0.2, 0.25) is 0 Å². The third-order valence-electron chi connectivity index (χ3n) is 4.82. The summed E-state index contributed by atoms with van der Waals surface area (Å²) in [6, 6.07) is 3.95. The van der Waals surface area contributed by atoms with E-state index in [9.17, 15) is 8.78 Å². The predicted molar refractivity (Wildman–Crippen MR) is 73.5 cm³/mol. The molecule has 1 aromatic rings. The first kappa shape index (κ1) is 14.0. The van der Waals surface area contributed by atoms with Gasteiger partial charge in [-0.2, -0.15) is 0 Å². The minimum Gasteiger partial charge on any atom is -0.375 e. The summed E-state index contributed by atoms with van der Waals surface area (Å²) < 4.78 is 32.7. The molecule has 1 atom stereocenters. The second-order valence-electron chi connectivity index (χ2n) is 5.91. The molecule has 4 heteroatoms. The largest absolute Gasteiger partial charge is 0.375 e. The summed E-state index contributed by atoms with van der Waals surface area (Å²) in [4.78, 5) is 2.31. The van der Waals surface area contributed by atoms with Gasteiger partial charge in [-0.05, 0) is 31.7 Å². The van der Waals surface area contributed by atoms with E-state index in [1.807, 2.05) is 0 Å². The van der Waals surface area contributed by atoms with Crippen molar-refractivity contribution in [3.63, 3.8) is 0 Å². The molecular formula is C16H21F2NO. The van der Waals surface area contributed by atoms with Crippen LogP contribution in [-0.2, 0) is 4.74 Å². The lowest BCUT2D eigenvalue weighted by atomic mass is 9.83. The zero-order valence-corrected chi connectivity index (χ0v) is 11.9. The second kappa shape index (κ2) is 5.41. The summed E-state index contributed by atoms with van der Waals surface area (Å²) in [5.41, 5.74) is 0.718. The zero-order chi connectivity index (χ0) is 14.2. The molecule has 0 aliphatic carbocycles. The average Bonchev–Trinajstić information content (AvgIpc) is 2.41. The van der Waals surface area contributed by atoms with Gasteiger partial charge in [0.25, 0.3) is 0 Å². The minimum atomic E-state index is -0.512. The summed E-state index contributed by atoms with van der Waals surface area (Å²) >= 11 is 0. The molecule has 0 amide bonds. The third-order valence-corrected chi connectivity index (χ3v) is 4.82. The number of nitrogens with zero attached hydrogens (tertiary/aromatic N) is 1. The van der Waals surface area contributed by atoms with Crippen LogP contribution in [0, 0.1) is 11.6 Å². The molecular weight excluding hydrogens is 260 g/mol. The van der Waals surface area contributed by atoms with Gasteiger partial charge in [-0.15, -0.1) is 0 Å². The molecule has 20 heavy (non-hydrogen) atoms. The third kappa shape index (κ3) is 2.47. The van der Waals surface area contributed by atoms with Crippen molar-refractivity contribution in [1.82, 2.24) is 4.90 Å². The topological polar surface area (TPSA) is 12.5 Å². The minimum absolute atomic E-state index is 0.0352. The highest BCUT2D eigenvalue weighted by Gasteiger charge is 2.42. The Bertz CT molecular complexity index is 477. The highest BCUT2D eigenvalue weighted by atomic mass is 19.1. The standard InChI is InChI=1S/C16H21F2NO/c1-2-15(13-4-3-12(17)11-14(13)18)19-8-5-16(6-9-19)7-10-20-16/h3-4,11,15H,2,5-10H2,1H3. The number of rotatable bonds is 3. The fourth-order valence-electron chi connectivity index (χ4n) is 3.47. The first-order valence-electron chi connectivity index (χ1n) is 7.46. The Kier molecular flexibility index (Phi) is 3.78. The first-order valence-corrected chi connectivity index (χ1v) is 7.46. The Labute approximate surface area is 118 Å². The quantitative estimate of drug-likeness (QED) is 0.838. The Balaban J connectivity index is 1.73. The molecule has 2 heterocycles. The highest BCUT2D eigenvalue weighted by Crippen LogP contribution is 2.39. The molecule has 1 unspecified atom stereocenters. The molecule has 2 saturated heterocycles. The molecule has 0 bridgehead atoms. The van der Waals surface area contributed by atoms with E-state index < -0.39 is 11.6 Å². The fourth-order valence-corrected chi connectivity index (χ4v) is 3.47. The normalized spacial score (nSPS) is 23.6. The van der Waals surface area contributed by atoms with Crippen molar-refractivity contribution in [2.75, 3.05) is 19.7 Å². The van der Waals surface area contributed by atoms with Gasteiger partial charge in [0.05, 0.1) is 12.2 Å². The Morgan fingerprint density at radius 2 is 1.95 bits per heavy atom. The van der Waals surface area contributed by atoms with E-state index in [1.54, 1.807) is 6.07 Å². The zero-order valence-electron chi connectivity index (χ0n) is 11.9. The predicted octanol–water partition coefficient (Wildman–Crippen LogP) is 3.67. The van der Waals surface area contributed by atoms with Crippen molar-refractivity contribution in [3.05, 3.63) is 35.4 Å². The van der Waals surface area contributed by atoms with Crippen LogP contribution in [-0.4, -0.2) is 30.2 Å². The lowest BCUT2D eigenvalue weighted by molar-refractivity contribution is -0.175. The van der Waals surface area contributed by atoms with Crippen LogP contribution in [0.5, 0.6) is 0 Å². The van der Waals surface area contributed by atoms with Crippen molar-refractivity contribution in [2.24, 2.45) is 0 Å². The molecule has 110 valence electrons. The van der Waals surface area contributed by atoms with E-state index in [4.69, 9.17) is 4.74 Å². The van der Waals surface area contributed by atoms with Crippen molar-refractivity contribution >= 4 is 0 Å².